The number of amides is 3. The van der Waals surface area contributed by atoms with Gasteiger partial charge in [0, 0.05) is 49.7 Å². The molecule has 0 aromatic heterocycles. The zero-order chi connectivity index (χ0) is 24.1. The lowest BCUT2D eigenvalue weighted by Gasteiger charge is -2.39. The van der Waals surface area contributed by atoms with Crippen molar-refractivity contribution < 1.29 is 19.1 Å². The smallest absolute Gasteiger partial charge is 0.260 e. The summed E-state index contributed by atoms with van der Waals surface area (Å²) in [5, 5.41) is 0. The first-order chi connectivity index (χ1) is 16.4. The fourth-order valence-corrected chi connectivity index (χ4v) is 5.71. The van der Waals surface area contributed by atoms with E-state index in [0.29, 0.717) is 24.4 Å². The Bertz CT molecular complexity index is 847. The Kier molecular flexibility index (Phi) is 8.11. The quantitative estimate of drug-likeness (QED) is 0.659. The molecule has 7 heteroatoms. The van der Waals surface area contributed by atoms with Crippen molar-refractivity contribution in [1.82, 2.24) is 14.7 Å². The fraction of sp³-hybridized carbons (Fsp3) is 0.667. The largest absolute Gasteiger partial charge is 0.484 e. The van der Waals surface area contributed by atoms with Gasteiger partial charge in [-0.15, -0.1) is 0 Å². The molecule has 0 radical (unpaired) electrons. The summed E-state index contributed by atoms with van der Waals surface area (Å²) in [5.41, 5.74) is 0.609. The summed E-state index contributed by atoms with van der Waals surface area (Å²) in [6, 6.07) is 7.54. The molecule has 0 spiro atoms. The van der Waals surface area contributed by atoms with Crippen LogP contribution in [0.15, 0.2) is 24.3 Å². The van der Waals surface area contributed by atoms with Gasteiger partial charge < -0.3 is 19.4 Å². The summed E-state index contributed by atoms with van der Waals surface area (Å²) in [6.45, 7) is 7.20. The predicted molar refractivity (Wildman–Crippen MR) is 131 cm³/mol. The highest BCUT2D eigenvalue weighted by molar-refractivity contribution is 5.94. The van der Waals surface area contributed by atoms with Crippen molar-refractivity contribution in [3.63, 3.8) is 0 Å². The molecule has 3 saturated heterocycles. The molecule has 34 heavy (non-hydrogen) atoms. The average Bonchev–Trinajstić information content (AvgIpc) is 2.87. The molecule has 3 aliphatic heterocycles. The Morgan fingerprint density at radius 2 is 1.41 bits per heavy atom. The summed E-state index contributed by atoms with van der Waals surface area (Å²) in [4.78, 5) is 44.2. The predicted octanol–water partition coefficient (Wildman–Crippen LogP) is 3.72. The monoisotopic (exact) mass is 469 g/mol. The number of likely N-dealkylation sites (tertiary alicyclic amines) is 3. The van der Waals surface area contributed by atoms with Gasteiger partial charge in [-0.05, 0) is 89.5 Å². The molecule has 3 amide bonds. The summed E-state index contributed by atoms with van der Waals surface area (Å²) >= 11 is 0. The molecular formula is C27H39N3O4. The topological polar surface area (TPSA) is 70.2 Å². The first-order valence-corrected chi connectivity index (χ1v) is 13.1. The third-order valence-corrected chi connectivity index (χ3v) is 7.74. The van der Waals surface area contributed by atoms with E-state index in [2.05, 4.69) is 13.8 Å². The molecule has 1 aromatic rings. The Morgan fingerprint density at radius 1 is 0.794 bits per heavy atom. The highest BCUT2D eigenvalue weighted by atomic mass is 16.5. The maximum absolute atomic E-state index is 13.0. The second kappa shape index (κ2) is 11.2. The molecular weight excluding hydrogens is 430 g/mol. The lowest BCUT2D eigenvalue weighted by atomic mass is 9.94. The number of rotatable bonds is 5. The third-order valence-electron chi connectivity index (χ3n) is 7.74. The van der Waals surface area contributed by atoms with Crippen molar-refractivity contribution in [3.8, 4) is 5.75 Å². The molecule has 7 nitrogen and oxygen atoms in total. The Balaban J connectivity index is 1.25. The van der Waals surface area contributed by atoms with E-state index in [1.807, 2.05) is 14.7 Å². The number of ether oxygens (including phenoxy) is 1. The zero-order valence-electron chi connectivity index (χ0n) is 20.7. The van der Waals surface area contributed by atoms with Gasteiger partial charge >= 0.3 is 0 Å². The molecule has 186 valence electrons. The van der Waals surface area contributed by atoms with E-state index in [4.69, 9.17) is 4.74 Å². The van der Waals surface area contributed by atoms with Gasteiger partial charge in [-0.3, -0.25) is 14.4 Å². The highest BCUT2D eigenvalue weighted by Crippen LogP contribution is 2.25. The number of piperidine rings is 3. The summed E-state index contributed by atoms with van der Waals surface area (Å²) in [7, 11) is 0. The van der Waals surface area contributed by atoms with E-state index in [0.717, 1.165) is 58.0 Å². The molecule has 2 atom stereocenters. The van der Waals surface area contributed by atoms with Crippen LogP contribution in [-0.4, -0.2) is 77.3 Å². The van der Waals surface area contributed by atoms with Gasteiger partial charge in [0.2, 0.25) is 5.91 Å². The van der Waals surface area contributed by atoms with Crippen LogP contribution in [0.3, 0.4) is 0 Å². The molecule has 1 aromatic carbocycles. The molecule has 3 heterocycles. The van der Waals surface area contributed by atoms with Gasteiger partial charge in [-0.1, -0.05) is 0 Å². The van der Waals surface area contributed by atoms with E-state index in [1.165, 1.54) is 6.42 Å². The second-order valence-corrected chi connectivity index (χ2v) is 10.2. The van der Waals surface area contributed by atoms with Gasteiger partial charge in [0.05, 0.1) is 0 Å². The number of benzene rings is 1. The zero-order valence-corrected chi connectivity index (χ0v) is 20.7. The van der Waals surface area contributed by atoms with Crippen molar-refractivity contribution in [2.45, 2.75) is 77.3 Å². The van der Waals surface area contributed by atoms with Crippen LogP contribution in [0.2, 0.25) is 0 Å². The first-order valence-electron chi connectivity index (χ1n) is 13.1. The lowest BCUT2D eigenvalue weighted by molar-refractivity contribution is -0.139. The van der Waals surface area contributed by atoms with Crippen molar-refractivity contribution in [3.05, 3.63) is 29.8 Å². The molecule has 0 aliphatic carbocycles. The minimum atomic E-state index is -0.0116. The van der Waals surface area contributed by atoms with Gasteiger partial charge in [0.15, 0.2) is 6.61 Å². The molecule has 0 bridgehead atoms. The fourth-order valence-electron chi connectivity index (χ4n) is 5.71. The molecule has 3 fully saturated rings. The van der Waals surface area contributed by atoms with Crippen molar-refractivity contribution >= 4 is 17.7 Å². The van der Waals surface area contributed by atoms with E-state index in [9.17, 15) is 14.4 Å². The first kappa shape index (κ1) is 24.6. The normalized spacial score (nSPS) is 24.1. The van der Waals surface area contributed by atoms with E-state index in [-0.39, 0.29) is 42.3 Å². The minimum Gasteiger partial charge on any atom is -0.484 e. The van der Waals surface area contributed by atoms with Gasteiger partial charge in [-0.25, -0.2) is 0 Å². The molecule has 0 saturated carbocycles. The second-order valence-electron chi connectivity index (χ2n) is 10.2. The Hall–Kier alpha value is -2.57. The molecule has 2 unspecified atom stereocenters. The lowest BCUT2D eigenvalue weighted by Crippen LogP contribution is -2.49. The van der Waals surface area contributed by atoms with Crippen LogP contribution in [0.1, 0.15) is 75.6 Å². The molecule has 4 rings (SSSR count). The van der Waals surface area contributed by atoms with Crippen molar-refractivity contribution in [2.24, 2.45) is 5.92 Å². The van der Waals surface area contributed by atoms with E-state index in [1.54, 1.807) is 24.3 Å². The number of carbonyl (C=O) groups is 3. The van der Waals surface area contributed by atoms with E-state index < -0.39 is 0 Å². The Morgan fingerprint density at radius 3 is 2.03 bits per heavy atom. The van der Waals surface area contributed by atoms with Crippen LogP contribution in [-0.2, 0) is 9.59 Å². The van der Waals surface area contributed by atoms with Crippen LogP contribution >= 0.6 is 0 Å². The number of carbonyl (C=O) groups excluding carboxylic acids is 3. The maximum Gasteiger partial charge on any atom is 0.260 e. The summed E-state index contributed by atoms with van der Waals surface area (Å²) in [5.74, 6) is 0.911. The van der Waals surface area contributed by atoms with Gasteiger partial charge in [-0.2, -0.15) is 0 Å². The Labute approximate surface area is 203 Å². The maximum atomic E-state index is 13.0. The molecule has 3 aliphatic rings. The molecule has 0 N–H and O–H groups in total. The average molecular weight is 470 g/mol. The number of hydrogen-bond donors (Lipinski definition) is 0. The third kappa shape index (κ3) is 5.73. The highest BCUT2D eigenvalue weighted by Gasteiger charge is 2.31. The van der Waals surface area contributed by atoms with E-state index >= 15 is 0 Å². The SMILES string of the molecule is CC1CCCC(C)N1C(=O)COc1ccc(C(=O)N2CCC(C(=O)N3CCCCC3)CC2)cc1. The van der Waals surface area contributed by atoms with Crippen LogP contribution in [0.4, 0.5) is 0 Å². The number of hydrogen-bond acceptors (Lipinski definition) is 4. The van der Waals surface area contributed by atoms with Gasteiger partial charge in [0.25, 0.3) is 11.8 Å². The van der Waals surface area contributed by atoms with Crippen LogP contribution < -0.4 is 4.74 Å². The van der Waals surface area contributed by atoms with Crippen LogP contribution in [0.5, 0.6) is 5.75 Å². The van der Waals surface area contributed by atoms with Crippen LogP contribution in [0.25, 0.3) is 0 Å². The van der Waals surface area contributed by atoms with Crippen molar-refractivity contribution in [2.75, 3.05) is 32.8 Å². The van der Waals surface area contributed by atoms with Crippen LogP contribution in [0, 0.1) is 5.92 Å². The summed E-state index contributed by atoms with van der Waals surface area (Å²) < 4.78 is 5.74. The standard InChI is InChI=1S/C27H39N3O4/c1-20-7-6-8-21(2)30(20)25(31)19-34-24-11-9-22(10-12-24)26(32)29-17-13-23(14-18-29)27(33)28-15-4-3-5-16-28/h9-12,20-21,23H,3-8,13-19H2,1-2H3. The van der Waals surface area contributed by atoms with Crippen molar-refractivity contribution in [1.29, 1.82) is 0 Å². The number of nitrogens with zero attached hydrogens (tertiary/aromatic N) is 3. The minimum absolute atomic E-state index is 0.0116. The summed E-state index contributed by atoms with van der Waals surface area (Å²) in [6.07, 6.45) is 8.13. The van der Waals surface area contributed by atoms with Gasteiger partial charge in [0.1, 0.15) is 5.75 Å².